The zero-order valence-electron chi connectivity index (χ0n) is 13.6. The molecule has 0 spiro atoms. The minimum Gasteiger partial charge on any atom is -0.362 e. The predicted octanol–water partition coefficient (Wildman–Crippen LogP) is 3.91. The average Bonchev–Trinajstić information content (AvgIpc) is 2.55. The summed E-state index contributed by atoms with van der Waals surface area (Å²) in [7, 11) is 0. The smallest absolute Gasteiger partial charge is 0.170 e. The zero-order valence-corrected chi connectivity index (χ0v) is 14.4. The van der Waals surface area contributed by atoms with Crippen LogP contribution < -0.4 is 10.6 Å². The third kappa shape index (κ3) is 5.39. The molecule has 1 unspecified atom stereocenters. The highest BCUT2D eigenvalue weighted by Crippen LogP contribution is 2.19. The molecule has 6 heteroatoms. The number of nitrogens with one attached hydrogen (secondary N) is 2. The Morgan fingerprint density at radius 2 is 2.04 bits per heavy atom. The lowest BCUT2D eigenvalue weighted by atomic mass is 10.00. The lowest BCUT2D eigenvalue weighted by Gasteiger charge is -2.35. The number of likely N-dealkylation sites (tertiary alicyclic amines) is 1. The summed E-state index contributed by atoms with van der Waals surface area (Å²) in [6.45, 7) is 5.13. The van der Waals surface area contributed by atoms with E-state index >= 15 is 0 Å². The summed E-state index contributed by atoms with van der Waals surface area (Å²) < 4.78 is 27.1. The Hall–Kier alpha value is -1.27. The van der Waals surface area contributed by atoms with E-state index in [-0.39, 0.29) is 10.8 Å². The first-order chi connectivity index (χ1) is 11.1. The van der Waals surface area contributed by atoms with E-state index in [9.17, 15) is 8.78 Å². The van der Waals surface area contributed by atoms with Gasteiger partial charge in [0.1, 0.15) is 17.3 Å². The summed E-state index contributed by atoms with van der Waals surface area (Å²) in [5.41, 5.74) is -0.202. The molecule has 2 rings (SSSR count). The third-order valence-corrected chi connectivity index (χ3v) is 4.58. The second-order valence-corrected chi connectivity index (χ2v) is 6.33. The van der Waals surface area contributed by atoms with Crippen LogP contribution in [0.2, 0.25) is 0 Å². The number of anilines is 1. The zero-order chi connectivity index (χ0) is 16.7. The average molecular weight is 341 g/mol. The number of rotatable bonds is 6. The molecule has 1 fully saturated rings. The van der Waals surface area contributed by atoms with E-state index in [1.807, 2.05) is 0 Å². The molecule has 0 aliphatic carbocycles. The number of halogens is 2. The summed E-state index contributed by atoms with van der Waals surface area (Å²) in [5.74, 6) is -1.29. The molecule has 1 heterocycles. The second kappa shape index (κ2) is 9.13. The van der Waals surface area contributed by atoms with Crippen molar-refractivity contribution in [2.45, 2.75) is 45.1 Å². The van der Waals surface area contributed by atoms with Crippen LogP contribution in [0.25, 0.3) is 0 Å². The molecule has 3 nitrogen and oxygen atoms in total. The maximum Gasteiger partial charge on any atom is 0.170 e. The molecule has 0 saturated carbocycles. The Morgan fingerprint density at radius 3 is 2.74 bits per heavy atom. The highest BCUT2D eigenvalue weighted by molar-refractivity contribution is 7.80. The molecule has 1 aliphatic rings. The van der Waals surface area contributed by atoms with Crippen molar-refractivity contribution in [3.8, 4) is 0 Å². The minimum atomic E-state index is -0.645. The van der Waals surface area contributed by atoms with E-state index in [0.29, 0.717) is 12.6 Å². The number of piperidine rings is 1. The first-order valence-corrected chi connectivity index (χ1v) is 8.75. The molecule has 2 N–H and O–H groups in total. The molecule has 0 radical (unpaired) electrons. The summed E-state index contributed by atoms with van der Waals surface area (Å²) >= 11 is 5.10. The van der Waals surface area contributed by atoms with Crippen LogP contribution in [0.1, 0.15) is 39.0 Å². The van der Waals surface area contributed by atoms with Crippen molar-refractivity contribution in [3.05, 3.63) is 29.8 Å². The summed E-state index contributed by atoms with van der Waals surface area (Å²) in [5, 5.41) is 5.86. The number of hydrogen-bond acceptors (Lipinski definition) is 2. The standard InChI is InChI=1S/C17H25F2N3S/c1-2-13-7-3-4-11-22(13)12-6-10-20-17(23)21-16-14(18)8-5-9-15(16)19/h5,8-9,13H,2-4,6-7,10-12H2,1H3,(H2,20,21,23). The number of para-hydroxylation sites is 1. The fraction of sp³-hybridized carbons (Fsp3) is 0.588. The SMILES string of the molecule is CCC1CCCCN1CCCNC(=S)Nc1c(F)cccc1F. The first-order valence-electron chi connectivity index (χ1n) is 8.34. The second-order valence-electron chi connectivity index (χ2n) is 5.92. The van der Waals surface area contributed by atoms with Gasteiger partial charge in [-0.05, 0) is 56.6 Å². The van der Waals surface area contributed by atoms with Gasteiger partial charge in [0.25, 0.3) is 0 Å². The van der Waals surface area contributed by atoms with E-state index in [4.69, 9.17) is 12.2 Å². The van der Waals surface area contributed by atoms with Crippen molar-refractivity contribution in [1.82, 2.24) is 10.2 Å². The number of hydrogen-bond donors (Lipinski definition) is 2. The van der Waals surface area contributed by atoms with Crippen molar-refractivity contribution in [1.29, 1.82) is 0 Å². The van der Waals surface area contributed by atoms with Gasteiger partial charge >= 0.3 is 0 Å². The van der Waals surface area contributed by atoms with E-state index < -0.39 is 11.6 Å². The third-order valence-electron chi connectivity index (χ3n) is 4.33. The Labute approximate surface area is 142 Å². The van der Waals surface area contributed by atoms with Gasteiger partial charge in [0, 0.05) is 19.1 Å². The van der Waals surface area contributed by atoms with Gasteiger partial charge in [-0.25, -0.2) is 8.78 Å². The fourth-order valence-electron chi connectivity index (χ4n) is 3.08. The maximum absolute atomic E-state index is 13.5. The molecule has 1 aromatic rings. The van der Waals surface area contributed by atoms with Gasteiger partial charge in [-0.2, -0.15) is 0 Å². The van der Waals surface area contributed by atoms with Crippen LogP contribution in [0.5, 0.6) is 0 Å². The van der Waals surface area contributed by atoms with Crippen LogP contribution in [-0.2, 0) is 0 Å². The highest BCUT2D eigenvalue weighted by atomic mass is 32.1. The lowest BCUT2D eigenvalue weighted by molar-refractivity contribution is 0.143. The summed E-state index contributed by atoms with van der Waals surface area (Å²) in [6.07, 6.45) is 6.04. The Morgan fingerprint density at radius 1 is 1.30 bits per heavy atom. The molecule has 1 saturated heterocycles. The first kappa shape index (κ1) is 18.1. The van der Waals surface area contributed by atoms with Crippen LogP contribution >= 0.6 is 12.2 Å². The Bertz CT molecular complexity index is 504. The normalized spacial score (nSPS) is 18.7. The maximum atomic E-state index is 13.5. The highest BCUT2D eigenvalue weighted by Gasteiger charge is 2.19. The molecule has 128 valence electrons. The minimum absolute atomic E-state index is 0.202. The Kier molecular flexibility index (Phi) is 7.17. The van der Waals surface area contributed by atoms with E-state index in [0.717, 1.165) is 13.0 Å². The van der Waals surface area contributed by atoms with Crippen molar-refractivity contribution in [2.75, 3.05) is 25.0 Å². The lowest BCUT2D eigenvalue weighted by Crippen LogP contribution is -2.41. The van der Waals surface area contributed by atoms with Crippen LogP contribution in [0.4, 0.5) is 14.5 Å². The quantitative estimate of drug-likeness (QED) is 0.606. The molecule has 23 heavy (non-hydrogen) atoms. The molecule has 0 amide bonds. The number of thiocarbonyl (C=S) groups is 1. The predicted molar refractivity (Wildman–Crippen MR) is 94.7 cm³/mol. The number of benzene rings is 1. The van der Waals surface area contributed by atoms with Gasteiger partial charge in [0.15, 0.2) is 5.11 Å². The van der Waals surface area contributed by atoms with Gasteiger partial charge in [-0.15, -0.1) is 0 Å². The van der Waals surface area contributed by atoms with Gasteiger partial charge < -0.3 is 15.5 Å². The molecule has 0 bridgehead atoms. The van der Waals surface area contributed by atoms with Crippen LogP contribution in [-0.4, -0.2) is 35.7 Å². The van der Waals surface area contributed by atoms with Gasteiger partial charge in [-0.1, -0.05) is 19.4 Å². The fourth-order valence-corrected chi connectivity index (χ4v) is 3.28. The van der Waals surface area contributed by atoms with Crippen LogP contribution in [0, 0.1) is 11.6 Å². The van der Waals surface area contributed by atoms with E-state index in [1.165, 1.54) is 50.4 Å². The molecular formula is C17H25F2N3S. The van der Waals surface area contributed by atoms with Crippen molar-refractivity contribution in [2.24, 2.45) is 0 Å². The Balaban J connectivity index is 1.71. The van der Waals surface area contributed by atoms with Crippen molar-refractivity contribution in [3.63, 3.8) is 0 Å². The molecule has 1 aromatic carbocycles. The number of nitrogens with zero attached hydrogens (tertiary/aromatic N) is 1. The van der Waals surface area contributed by atoms with Gasteiger partial charge in [0.2, 0.25) is 0 Å². The van der Waals surface area contributed by atoms with Gasteiger partial charge in [0.05, 0.1) is 0 Å². The van der Waals surface area contributed by atoms with Crippen LogP contribution in [0.15, 0.2) is 18.2 Å². The van der Waals surface area contributed by atoms with Crippen molar-refractivity contribution < 1.29 is 8.78 Å². The monoisotopic (exact) mass is 341 g/mol. The van der Waals surface area contributed by atoms with Gasteiger partial charge in [-0.3, -0.25) is 0 Å². The summed E-state index contributed by atoms with van der Waals surface area (Å²) in [4.78, 5) is 2.54. The van der Waals surface area contributed by atoms with E-state index in [1.54, 1.807) is 0 Å². The van der Waals surface area contributed by atoms with E-state index in [2.05, 4.69) is 22.5 Å². The largest absolute Gasteiger partial charge is 0.362 e. The topological polar surface area (TPSA) is 27.3 Å². The molecule has 1 atom stereocenters. The molecule has 0 aromatic heterocycles. The van der Waals surface area contributed by atoms with Crippen LogP contribution in [0.3, 0.4) is 0 Å². The summed E-state index contributed by atoms with van der Waals surface area (Å²) in [6, 6.07) is 4.43. The molecule has 1 aliphatic heterocycles. The van der Waals surface area contributed by atoms with Crippen molar-refractivity contribution >= 4 is 23.0 Å². The molecular weight excluding hydrogens is 316 g/mol.